The average molecular weight is 359 g/mol. The summed E-state index contributed by atoms with van der Waals surface area (Å²) in [5.41, 5.74) is 0.745. The molecule has 0 radical (unpaired) electrons. The first-order valence-electron chi connectivity index (χ1n) is 6.00. The number of aryl methyl sites for hydroxylation is 1. The predicted molar refractivity (Wildman–Crippen MR) is 82.8 cm³/mol. The molecular weight excluding hydrogens is 349 g/mol. The van der Waals surface area contributed by atoms with Gasteiger partial charge in [-0.25, -0.2) is 8.42 Å². The van der Waals surface area contributed by atoms with Gasteiger partial charge in [0, 0.05) is 11.3 Å². The minimum absolute atomic E-state index is 0.185. The van der Waals surface area contributed by atoms with Crippen LogP contribution in [0.25, 0.3) is 0 Å². The zero-order valence-electron chi connectivity index (χ0n) is 11.3. The smallest absolute Gasteiger partial charge is 0.263 e. The normalized spacial score (nSPS) is 11.2. The van der Waals surface area contributed by atoms with Crippen LogP contribution in [0, 0.1) is 6.92 Å². The number of benzene rings is 2. The summed E-state index contributed by atoms with van der Waals surface area (Å²) in [6, 6.07) is 8.61. The molecule has 1 N–H and O–H groups in total. The van der Waals surface area contributed by atoms with Gasteiger partial charge in [-0.15, -0.1) is 0 Å². The van der Waals surface area contributed by atoms with E-state index in [0.717, 1.165) is 17.7 Å². The van der Waals surface area contributed by atoms with Crippen LogP contribution in [0.15, 0.2) is 41.3 Å². The zero-order chi connectivity index (χ0) is 16.5. The Morgan fingerprint density at radius 3 is 2.41 bits per heavy atom. The van der Waals surface area contributed by atoms with Gasteiger partial charge in [0.05, 0.1) is 16.0 Å². The molecule has 0 aliphatic heterocycles. The van der Waals surface area contributed by atoms with Crippen LogP contribution in [0.3, 0.4) is 0 Å². The first-order valence-corrected chi connectivity index (χ1v) is 8.24. The van der Waals surface area contributed by atoms with Gasteiger partial charge in [-0.05, 0) is 36.8 Å². The molecule has 0 heterocycles. The highest BCUT2D eigenvalue weighted by Gasteiger charge is 2.20. The second-order valence-electron chi connectivity index (χ2n) is 4.52. The Hall–Kier alpha value is -1.76. The van der Waals surface area contributed by atoms with Crippen LogP contribution in [-0.2, 0) is 10.0 Å². The second kappa shape index (κ2) is 6.16. The van der Waals surface area contributed by atoms with E-state index in [-0.39, 0.29) is 14.9 Å². The molecule has 0 bridgehead atoms. The number of hydrogen-bond donors (Lipinski definition) is 1. The number of nitrogens with one attached hydrogen (secondary N) is 1. The maximum Gasteiger partial charge on any atom is 0.263 e. The van der Waals surface area contributed by atoms with Gasteiger partial charge in [0.2, 0.25) is 0 Å². The van der Waals surface area contributed by atoms with Gasteiger partial charge >= 0.3 is 0 Å². The molecule has 0 spiro atoms. The lowest BCUT2D eigenvalue weighted by molar-refractivity contribution is -0.255. The van der Waals surface area contributed by atoms with Crippen LogP contribution in [0.5, 0.6) is 0 Å². The Balaban J connectivity index is 2.50. The summed E-state index contributed by atoms with van der Waals surface area (Å²) in [6.07, 6.45) is 0. The summed E-state index contributed by atoms with van der Waals surface area (Å²) in [5.74, 6) is -1.59. The summed E-state index contributed by atoms with van der Waals surface area (Å²) in [7, 11) is -4.07. The Labute approximate surface area is 137 Å². The van der Waals surface area contributed by atoms with E-state index >= 15 is 0 Å². The van der Waals surface area contributed by atoms with Crippen LogP contribution in [-0.4, -0.2) is 14.4 Å². The molecule has 2 aromatic rings. The molecule has 0 aliphatic carbocycles. The molecule has 0 aromatic heterocycles. The molecule has 0 amide bonds. The third kappa shape index (κ3) is 3.52. The van der Waals surface area contributed by atoms with E-state index in [0.29, 0.717) is 5.69 Å². The third-order valence-corrected chi connectivity index (χ3v) is 4.96. The highest BCUT2D eigenvalue weighted by Crippen LogP contribution is 2.29. The fourth-order valence-corrected chi connectivity index (χ4v) is 3.71. The molecule has 0 unspecified atom stereocenters. The number of anilines is 1. The summed E-state index contributed by atoms with van der Waals surface area (Å²) < 4.78 is 27.1. The fourth-order valence-electron chi connectivity index (χ4n) is 1.81. The number of carbonyl (C=O) groups excluding carboxylic acids is 1. The van der Waals surface area contributed by atoms with Crippen LogP contribution in [0.1, 0.15) is 15.9 Å². The lowest BCUT2D eigenvalue weighted by atomic mass is 10.2. The van der Waals surface area contributed by atoms with Gasteiger partial charge < -0.3 is 9.90 Å². The number of sulfonamides is 1. The maximum atomic E-state index is 12.4. The number of carboxylic acids is 1. The van der Waals surface area contributed by atoms with E-state index in [1.165, 1.54) is 0 Å². The molecule has 2 rings (SSSR count). The summed E-state index contributed by atoms with van der Waals surface area (Å²) in [6.45, 7) is 1.81. The minimum Gasteiger partial charge on any atom is -0.545 e. The van der Waals surface area contributed by atoms with Gasteiger partial charge in [-0.3, -0.25) is 4.72 Å². The van der Waals surface area contributed by atoms with Crippen molar-refractivity contribution in [2.45, 2.75) is 11.8 Å². The SMILES string of the molecule is Cc1cccc(NS(=O)(=O)c2cc(C(=O)[O-])c(Cl)cc2Cl)c1. The highest BCUT2D eigenvalue weighted by molar-refractivity contribution is 7.92. The second-order valence-corrected chi connectivity index (χ2v) is 6.99. The van der Waals surface area contributed by atoms with Crippen molar-refractivity contribution in [2.75, 3.05) is 4.72 Å². The third-order valence-electron chi connectivity index (χ3n) is 2.80. The quantitative estimate of drug-likeness (QED) is 0.909. The number of hydrogen-bond acceptors (Lipinski definition) is 4. The number of halogens is 2. The Bertz CT molecular complexity index is 850. The van der Waals surface area contributed by atoms with Gasteiger partial charge in [0.1, 0.15) is 4.90 Å². The van der Waals surface area contributed by atoms with Gasteiger partial charge in [-0.2, -0.15) is 0 Å². The van der Waals surface area contributed by atoms with E-state index in [2.05, 4.69) is 4.72 Å². The molecule has 0 saturated heterocycles. The van der Waals surface area contributed by atoms with Gasteiger partial charge in [0.15, 0.2) is 0 Å². The van der Waals surface area contributed by atoms with Gasteiger partial charge in [0.25, 0.3) is 10.0 Å². The van der Waals surface area contributed by atoms with Crippen molar-refractivity contribution in [3.8, 4) is 0 Å². The van der Waals surface area contributed by atoms with E-state index in [1.807, 2.05) is 0 Å². The monoisotopic (exact) mass is 358 g/mol. The largest absolute Gasteiger partial charge is 0.545 e. The Morgan fingerprint density at radius 1 is 1.14 bits per heavy atom. The molecular formula is C14H10Cl2NO4S-. The van der Waals surface area contributed by atoms with Gasteiger partial charge in [-0.1, -0.05) is 35.3 Å². The summed E-state index contributed by atoms with van der Waals surface area (Å²) in [4.78, 5) is 10.6. The van der Waals surface area contributed by atoms with E-state index < -0.39 is 21.6 Å². The van der Waals surface area contributed by atoms with Crippen molar-refractivity contribution in [3.05, 3.63) is 57.6 Å². The summed E-state index contributed by atoms with van der Waals surface area (Å²) in [5, 5.41) is 10.6. The van der Waals surface area contributed by atoms with E-state index in [1.54, 1.807) is 31.2 Å². The van der Waals surface area contributed by atoms with Crippen molar-refractivity contribution >= 4 is 44.9 Å². The number of aromatic carboxylic acids is 1. The molecule has 5 nitrogen and oxygen atoms in total. The molecule has 0 aliphatic rings. The molecule has 0 saturated carbocycles. The minimum atomic E-state index is -4.07. The maximum absolute atomic E-state index is 12.4. The number of rotatable bonds is 4. The lowest BCUT2D eigenvalue weighted by Gasteiger charge is -2.13. The van der Waals surface area contributed by atoms with Crippen LogP contribution >= 0.6 is 23.2 Å². The topological polar surface area (TPSA) is 86.3 Å². The van der Waals surface area contributed by atoms with Crippen molar-refractivity contribution < 1.29 is 18.3 Å². The van der Waals surface area contributed by atoms with Crippen LogP contribution in [0.2, 0.25) is 10.0 Å². The van der Waals surface area contributed by atoms with Crippen LogP contribution < -0.4 is 9.83 Å². The van der Waals surface area contributed by atoms with Crippen LogP contribution in [0.4, 0.5) is 5.69 Å². The molecule has 116 valence electrons. The summed E-state index contributed by atoms with van der Waals surface area (Å²) >= 11 is 11.6. The number of carbonyl (C=O) groups is 1. The highest BCUT2D eigenvalue weighted by atomic mass is 35.5. The molecule has 2 aromatic carbocycles. The fraction of sp³-hybridized carbons (Fsp3) is 0.0714. The van der Waals surface area contributed by atoms with Crippen molar-refractivity contribution in [1.29, 1.82) is 0 Å². The zero-order valence-corrected chi connectivity index (χ0v) is 13.6. The van der Waals surface area contributed by atoms with Crippen molar-refractivity contribution in [3.63, 3.8) is 0 Å². The first kappa shape index (κ1) is 16.6. The Kier molecular flexibility index (Phi) is 4.65. The molecule has 8 heteroatoms. The standard InChI is InChI=1S/C14H11Cl2NO4S/c1-8-3-2-4-9(5-8)17-22(20,21)13-6-10(14(18)19)11(15)7-12(13)16/h2-7,17H,1H3,(H,18,19)/p-1. The van der Waals surface area contributed by atoms with E-state index in [4.69, 9.17) is 23.2 Å². The van der Waals surface area contributed by atoms with Crippen molar-refractivity contribution in [1.82, 2.24) is 0 Å². The first-order chi connectivity index (χ1) is 10.2. The molecule has 0 atom stereocenters. The number of carboxylic acid groups (broad SMARTS) is 1. The predicted octanol–water partition coefficient (Wildman–Crippen LogP) is 2.47. The molecule has 22 heavy (non-hydrogen) atoms. The Morgan fingerprint density at radius 2 is 1.82 bits per heavy atom. The lowest BCUT2D eigenvalue weighted by Crippen LogP contribution is -2.23. The van der Waals surface area contributed by atoms with E-state index in [9.17, 15) is 18.3 Å². The van der Waals surface area contributed by atoms with Crippen molar-refractivity contribution in [2.24, 2.45) is 0 Å². The molecule has 0 fully saturated rings. The average Bonchev–Trinajstić information content (AvgIpc) is 2.37.